The molecule has 7 nitrogen and oxygen atoms in total. The molecule has 2 heterocycles. The van der Waals surface area contributed by atoms with Crippen molar-refractivity contribution >= 4 is 6.09 Å². The molecular weight excluding hydrogens is 372 g/mol. The first-order valence-electron chi connectivity index (χ1n) is 8.80. The van der Waals surface area contributed by atoms with Crippen molar-refractivity contribution < 1.29 is 23.4 Å². The quantitative estimate of drug-likeness (QED) is 0.828. The third-order valence-electron chi connectivity index (χ3n) is 4.83. The monoisotopic (exact) mass is 393 g/mol. The van der Waals surface area contributed by atoms with Gasteiger partial charge in [0.25, 0.3) is 5.56 Å². The number of carbonyl (C=O) groups is 1. The van der Waals surface area contributed by atoms with Gasteiger partial charge in [0.1, 0.15) is 0 Å². The zero-order chi connectivity index (χ0) is 20.3. The first-order chi connectivity index (χ1) is 13.4. The minimum absolute atomic E-state index is 0.221. The summed E-state index contributed by atoms with van der Waals surface area (Å²) in [6, 6.07) is 3.60. The third kappa shape index (κ3) is 4.30. The van der Waals surface area contributed by atoms with E-state index in [1.807, 2.05) is 4.90 Å². The van der Waals surface area contributed by atoms with E-state index in [0.717, 1.165) is 12.1 Å². The summed E-state index contributed by atoms with van der Waals surface area (Å²) in [7, 11) is 1.33. The lowest BCUT2D eigenvalue weighted by Crippen LogP contribution is -2.48. The number of piperazine rings is 1. The largest absolute Gasteiger partial charge is 0.503 e. The van der Waals surface area contributed by atoms with E-state index in [4.69, 9.17) is 4.74 Å². The van der Waals surface area contributed by atoms with E-state index >= 15 is 0 Å². The number of ether oxygens (including phenoxy) is 1. The van der Waals surface area contributed by atoms with E-state index in [0.29, 0.717) is 49.4 Å². The van der Waals surface area contributed by atoms with Crippen LogP contribution in [0.1, 0.15) is 16.7 Å². The van der Waals surface area contributed by atoms with Crippen molar-refractivity contribution in [2.45, 2.75) is 13.0 Å². The number of hydrogen-bond acceptors (Lipinski definition) is 5. The van der Waals surface area contributed by atoms with Gasteiger partial charge >= 0.3 is 6.09 Å². The molecule has 0 aliphatic carbocycles. The van der Waals surface area contributed by atoms with Crippen LogP contribution in [0.3, 0.4) is 0 Å². The number of methoxy groups -OCH3 is 1. The van der Waals surface area contributed by atoms with Gasteiger partial charge in [-0.05, 0) is 29.7 Å². The van der Waals surface area contributed by atoms with Crippen molar-refractivity contribution in [1.82, 2.24) is 14.8 Å². The van der Waals surface area contributed by atoms with Crippen molar-refractivity contribution in [2.24, 2.45) is 0 Å². The lowest BCUT2D eigenvalue weighted by Gasteiger charge is -2.34. The van der Waals surface area contributed by atoms with Crippen molar-refractivity contribution in [3.8, 4) is 5.75 Å². The Kier molecular flexibility index (Phi) is 5.93. The number of pyridine rings is 1. The van der Waals surface area contributed by atoms with Crippen LogP contribution >= 0.6 is 0 Å². The van der Waals surface area contributed by atoms with Gasteiger partial charge < -0.3 is 19.7 Å². The predicted molar refractivity (Wildman–Crippen MR) is 97.1 cm³/mol. The smallest absolute Gasteiger partial charge is 0.409 e. The SMILES string of the molecule is COC(=O)N1CCN(Cc2c(Cc3ccc(F)c(F)c3)c[nH]c(=O)c2O)CC1. The standard InChI is InChI=1S/C19H21F2N3O4/c1-28-19(27)24-6-4-23(5-7-24)11-14-13(10-22-18(26)17(14)25)8-12-2-3-15(20)16(21)9-12/h2-3,9-10,25H,4-8,11H2,1H3,(H,22,26). The van der Waals surface area contributed by atoms with E-state index < -0.39 is 29.0 Å². The molecule has 1 fully saturated rings. The molecule has 0 bridgehead atoms. The molecule has 0 atom stereocenters. The van der Waals surface area contributed by atoms with Crippen molar-refractivity contribution in [1.29, 1.82) is 0 Å². The maximum atomic E-state index is 13.5. The van der Waals surface area contributed by atoms with E-state index in [2.05, 4.69) is 4.98 Å². The summed E-state index contributed by atoms with van der Waals surface area (Å²) in [4.78, 5) is 29.5. The summed E-state index contributed by atoms with van der Waals surface area (Å²) in [5, 5.41) is 10.3. The molecule has 0 saturated carbocycles. The lowest BCUT2D eigenvalue weighted by atomic mass is 10.0. The van der Waals surface area contributed by atoms with Gasteiger partial charge in [-0.25, -0.2) is 13.6 Å². The predicted octanol–water partition coefficient (Wildman–Crippen LogP) is 1.83. The fourth-order valence-electron chi connectivity index (χ4n) is 3.24. The molecule has 28 heavy (non-hydrogen) atoms. The van der Waals surface area contributed by atoms with Gasteiger partial charge in [-0.3, -0.25) is 9.69 Å². The number of aromatic nitrogens is 1. The fraction of sp³-hybridized carbons (Fsp3) is 0.368. The molecule has 1 aromatic heterocycles. The van der Waals surface area contributed by atoms with Gasteiger partial charge in [-0.15, -0.1) is 0 Å². The van der Waals surface area contributed by atoms with Crippen LogP contribution in [0.2, 0.25) is 0 Å². The van der Waals surface area contributed by atoms with Crippen LogP contribution in [-0.2, 0) is 17.7 Å². The van der Waals surface area contributed by atoms with E-state index in [1.54, 1.807) is 4.90 Å². The van der Waals surface area contributed by atoms with Gasteiger partial charge in [0, 0.05) is 44.5 Å². The summed E-state index contributed by atoms with van der Waals surface area (Å²) < 4.78 is 31.4. The molecule has 0 radical (unpaired) electrons. The van der Waals surface area contributed by atoms with Crippen molar-refractivity contribution in [3.63, 3.8) is 0 Å². The molecule has 1 aromatic carbocycles. The van der Waals surface area contributed by atoms with Gasteiger partial charge in [-0.2, -0.15) is 0 Å². The maximum absolute atomic E-state index is 13.5. The Balaban J connectivity index is 1.78. The van der Waals surface area contributed by atoms with E-state index in [-0.39, 0.29) is 6.42 Å². The molecule has 3 rings (SSSR count). The Morgan fingerprint density at radius 2 is 1.93 bits per heavy atom. The number of amides is 1. The minimum Gasteiger partial charge on any atom is -0.503 e. The Bertz CT molecular complexity index is 924. The number of benzene rings is 1. The van der Waals surface area contributed by atoms with Gasteiger partial charge in [-0.1, -0.05) is 6.07 Å². The highest BCUT2D eigenvalue weighted by Crippen LogP contribution is 2.23. The molecular formula is C19H21F2N3O4. The van der Waals surface area contributed by atoms with Crippen LogP contribution in [0.25, 0.3) is 0 Å². The van der Waals surface area contributed by atoms with Crippen molar-refractivity contribution in [2.75, 3.05) is 33.3 Å². The Morgan fingerprint density at radius 3 is 2.57 bits per heavy atom. The Hall–Kier alpha value is -2.94. The van der Waals surface area contributed by atoms with E-state index in [9.17, 15) is 23.5 Å². The average molecular weight is 393 g/mol. The fourth-order valence-corrected chi connectivity index (χ4v) is 3.24. The zero-order valence-electron chi connectivity index (χ0n) is 15.4. The topological polar surface area (TPSA) is 85.9 Å². The molecule has 2 N–H and O–H groups in total. The van der Waals surface area contributed by atoms with Gasteiger partial charge in [0.2, 0.25) is 0 Å². The molecule has 1 aliphatic heterocycles. The number of aromatic hydroxyl groups is 1. The molecule has 9 heteroatoms. The number of halogens is 2. The number of H-pyrrole nitrogens is 1. The second-order valence-electron chi connectivity index (χ2n) is 6.63. The highest BCUT2D eigenvalue weighted by atomic mass is 19.2. The molecule has 1 aliphatic rings. The third-order valence-corrected chi connectivity index (χ3v) is 4.83. The second kappa shape index (κ2) is 8.39. The first kappa shape index (κ1) is 19.8. The summed E-state index contributed by atoms with van der Waals surface area (Å²) in [5.41, 5.74) is 0.942. The number of aromatic amines is 1. The molecule has 1 saturated heterocycles. The zero-order valence-corrected chi connectivity index (χ0v) is 15.4. The number of rotatable bonds is 4. The Labute approximate surface area is 160 Å². The number of nitrogens with zero attached hydrogens (tertiary/aromatic N) is 2. The van der Waals surface area contributed by atoms with Crippen molar-refractivity contribution in [3.05, 3.63) is 63.1 Å². The highest BCUT2D eigenvalue weighted by molar-refractivity contribution is 5.67. The summed E-state index contributed by atoms with van der Waals surface area (Å²) in [6.07, 6.45) is 1.31. The van der Waals surface area contributed by atoms with Crippen LogP contribution in [0.4, 0.5) is 13.6 Å². The molecule has 0 unspecified atom stereocenters. The first-order valence-corrected chi connectivity index (χ1v) is 8.80. The normalized spacial score (nSPS) is 14.9. The van der Waals surface area contributed by atoms with Crippen LogP contribution in [-0.4, -0.2) is 59.3 Å². The van der Waals surface area contributed by atoms with Crippen LogP contribution < -0.4 is 5.56 Å². The molecule has 0 spiro atoms. The summed E-state index contributed by atoms with van der Waals surface area (Å²) >= 11 is 0. The summed E-state index contributed by atoms with van der Waals surface area (Å²) in [5.74, 6) is -2.28. The average Bonchev–Trinajstić information content (AvgIpc) is 2.70. The van der Waals surface area contributed by atoms with Crippen LogP contribution in [0.15, 0.2) is 29.2 Å². The minimum atomic E-state index is -0.952. The Morgan fingerprint density at radius 1 is 1.21 bits per heavy atom. The lowest BCUT2D eigenvalue weighted by molar-refractivity contribution is 0.0885. The number of carbonyl (C=O) groups excluding carboxylic acids is 1. The molecule has 2 aromatic rings. The summed E-state index contributed by atoms with van der Waals surface area (Å²) in [6.45, 7) is 2.33. The van der Waals surface area contributed by atoms with Gasteiger partial charge in [0.05, 0.1) is 7.11 Å². The molecule has 150 valence electrons. The van der Waals surface area contributed by atoms with Gasteiger partial charge in [0.15, 0.2) is 17.4 Å². The number of nitrogens with one attached hydrogen (secondary N) is 1. The van der Waals surface area contributed by atoms with E-state index in [1.165, 1.54) is 19.4 Å². The number of hydrogen-bond donors (Lipinski definition) is 2. The maximum Gasteiger partial charge on any atom is 0.409 e. The van der Waals surface area contributed by atoms with Crippen LogP contribution in [0, 0.1) is 11.6 Å². The highest BCUT2D eigenvalue weighted by Gasteiger charge is 2.23. The van der Waals surface area contributed by atoms with Crippen LogP contribution in [0.5, 0.6) is 5.75 Å². The molecule has 1 amide bonds. The second-order valence-corrected chi connectivity index (χ2v) is 6.63.